The molecule has 0 spiro atoms. The van der Waals surface area contributed by atoms with Crippen molar-refractivity contribution in [1.29, 1.82) is 0 Å². The van der Waals surface area contributed by atoms with E-state index in [1.54, 1.807) is 0 Å². The van der Waals surface area contributed by atoms with Crippen LogP contribution in [-0.4, -0.2) is 36.1 Å². The number of nitro benzene ring substituents is 1. The van der Waals surface area contributed by atoms with E-state index >= 15 is 0 Å². The van der Waals surface area contributed by atoms with Gasteiger partial charge in [-0.3, -0.25) is 14.9 Å². The maximum Gasteiger partial charge on any atom is 0.339 e. The summed E-state index contributed by atoms with van der Waals surface area (Å²) in [5.41, 5.74) is -0.349. The van der Waals surface area contributed by atoms with Gasteiger partial charge in [0, 0.05) is 12.1 Å². The molecule has 1 aromatic rings. The molecule has 8 heteroatoms. The highest BCUT2D eigenvalue weighted by atomic mass is 16.6. The van der Waals surface area contributed by atoms with Crippen LogP contribution in [0.2, 0.25) is 0 Å². The van der Waals surface area contributed by atoms with E-state index in [2.05, 4.69) is 12.2 Å². The smallest absolute Gasteiger partial charge is 0.339 e. The molecule has 0 saturated heterocycles. The number of ether oxygens (including phenoxy) is 2. The Kier molecular flexibility index (Phi) is 6.54. The molecular formula is C18H24N2O6. The van der Waals surface area contributed by atoms with E-state index in [0.29, 0.717) is 5.92 Å². The Morgan fingerprint density at radius 2 is 2.00 bits per heavy atom. The van der Waals surface area contributed by atoms with Crippen molar-refractivity contribution in [2.24, 2.45) is 5.92 Å². The maximum atomic E-state index is 12.3. The standard InChI is InChI=1S/C18H24N2O6/c1-11-6-4-5-7-14(11)19-17(21)12(2)26-18(22)13-8-9-16(25-3)15(10-13)20(23)24/h8-12,14H,4-7H2,1-3H3,(H,19,21)/t11-,12+,14+/m0/s1. The minimum absolute atomic E-state index is 0.0109. The minimum Gasteiger partial charge on any atom is -0.490 e. The number of carbonyl (C=O) groups excluding carboxylic acids is 2. The number of hydrogen-bond acceptors (Lipinski definition) is 6. The first kappa shape index (κ1) is 19.7. The number of methoxy groups -OCH3 is 1. The second-order valence-corrected chi connectivity index (χ2v) is 6.57. The van der Waals surface area contributed by atoms with Crippen molar-refractivity contribution in [1.82, 2.24) is 5.32 Å². The molecule has 0 radical (unpaired) electrons. The number of benzene rings is 1. The van der Waals surface area contributed by atoms with Gasteiger partial charge in [0.15, 0.2) is 11.9 Å². The summed E-state index contributed by atoms with van der Waals surface area (Å²) in [5, 5.41) is 14.0. The van der Waals surface area contributed by atoms with Crippen LogP contribution in [0.5, 0.6) is 5.75 Å². The Morgan fingerprint density at radius 1 is 1.31 bits per heavy atom. The molecule has 26 heavy (non-hydrogen) atoms. The van der Waals surface area contributed by atoms with Crippen molar-refractivity contribution >= 4 is 17.6 Å². The quantitative estimate of drug-likeness (QED) is 0.472. The molecule has 1 amide bonds. The van der Waals surface area contributed by atoms with Gasteiger partial charge in [-0.05, 0) is 37.8 Å². The number of amides is 1. The van der Waals surface area contributed by atoms with E-state index < -0.39 is 17.0 Å². The summed E-state index contributed by atoms with van der Waals surface area (Å²) in [6.07, 6.45) is 3.22. The van der Waals surface area contributed by atoms with Gasteiger partial charge in [-0.25, -0.2) is 4.79 Å². The van der Waals surface area contributed by atoms with E-state index in [1.165, 1.54) is 26.2 Å². The highest BCUT2D eigenvalue weighted by Crippen LogP contribution is 2.28. The molecule has 0 heterocycles. The average molecular weight is 364 g/mol. The summed E-state index contributed by atoms with van der Waals surface area (Å²) in [4.78, 5) is 34.9. The summed E-state index contributed by atoms with van der Waals surface area (Å²) >= 11 is 0. The zero-order valence-corrected chi connectivity index (χ0v) is 15.2. The van der Waals surface area contributed by atoms with Gasteiger partial charge in [-0.2, -0.15) is 0 Å². The summed E-state index contributed by atoms with van der Waals surface area (Å²) in [7, 11) is 1.30. The predicted molar refractivity (Wildman–Crippen MR) is 94.1 cm³/mol. The van der Waals surface area contributed by atoms with E-state index in [9.17, 15) is 19.7 Å². The first-order valence-electron chi connectivity index (χ1n) is 8.67. The van der Waals surface area contributed by atoms with Crippen molar-refractivity contribution in [3.8, 4) is 5.75 Å². The van der Waals surface area contributed by atoms with Crippen LogP contribution in [0.15, 0.2) is 18.2 Å². The second kappa shape index (κ2) is 8.64. The van der Waals surface area contributed by atoms with Crippen LogP contribution in [0, 0.1) is 16.0 Å². The van der Waals surface area contributed by atoms with Crippen molar-refractivity contribution in [3.05, 3.63) is 33.9 Å². The largest absolute Gasteiger partial charge is 0.490 e. The lowest BCUT2D eigenvalue weighted by atomic mass is 9.86. The van der Waals surface area contributed by atoms with Crippen molar-refractivity contribution in [3.63, 3.8) is 0 Å². The molecule has 0 bridgehead atoms. The summed E-state index contributed by atoms with van der Waals surface area (Å²) in [6, 6.07) is 3.85. The Hall–Kier alpha value is -2.64. The van der Waals surface area contributed by atoms with Gasteiger partial charge >= 0.3 is 11.7 Å². The van der Waals surface area contributed by atoms with Gasteiger partial charge in [0.1, 0.15) is 0 Å². The first-order valence-corrected chi connectivity index (χ1v) is 8.67. The van der Waals surface area contributed by atoms with Gasteiger partial charge in [0.2, 0.25) is 0 Å². The number of nitro groups is 1. The fourth-order valence-electron chi connectivity index (χ4n) is 3.07. The average Bonchev–Trinajstić information content (AvgIpc) is 2.62. The Balaban J connectivity index is 2.01. The lowest BCUT2D eigenvalue weighted by Crippen LogP contribution is -2.45. The molecule has 0 aliphatic heterocycles. The molecule has 142 valence electrons. The molecular weight excluding hydrogens is 340 g/mol. The molecule has 1 fully saturated rings. The second-order valence-electron chi connectivity index (χ2n) is 6.57. The highest BCUT2D eigenvalue weighted by molar-refractivity contribution is 5.93. The van der Waals surface area contributed by atoms with E-state index in [4.69, 9.17) is 9.47 Å². The molecule has 1 saturated carbocycles. The number of hydrogen-bond donors (Lipinski definition) is 1. The zero-order valence-electron chi connectivity index (χ0n) is 15.2. The van der Waals surface area contributed by atoms with E-state index in [1.807, 2.05) is 0 Å². The summed E-state index contributed by atoms with van der Waals surface area (Å²) < 4.78 is 10.1. The maximum absolute atomic E-state index is 12.3. The molecule has 0 unspecified atom stereocenters. The third-order valence-electron chi connectivity index (χ3n) is 4.70. The molecule has 2 rings (SSSR count). The van der Waals surface area contributed by atoms with Gasteiger partial charge < -0.3 is 14.8 Å². The monoisotopic (exact) mass is 364 g/mol. The number of nitrogens with zero attached hydrogens (tertiary/aromatic N) is 1. The van der Waals surface area contributed by atoms with Crippen LogP contribution in [0.4, 0.5) is 5.69 Å². The minimum atomic E-state index is -0.988. The molecule has 0 aromatic heterocycles. The lowest BCUT2D eigenvalue weighted by Gasteiger charge is -2.30. The van der Waals surface area contributed by atoms with Crippen LogP contribution in [0.3, 0.4) is 0 Å². The van der Waals surface area contributed by atoms with Crippen LogP contribution in [0.25, 0.3) is 0 Å². The van der Waals surface area contributed by atoms with Crippen LogP contribution < -0.4 is 10.1 Å². The summed E-state index contributed by atoms with van der Waals surface area (Å²) in [5.74, 6) is -0.723. The topological polar surface area (TPSA) is 108 Å². The summed E-state index contributed by atoms with van der Waals surface area (Å²) in [6.45, 7) is 3.58. The lowest BCUT2D eigenvalue weighted by molar-refractivity contribution is -0.385. The first-order chi connectivity index (χ1) is 12.3. The molecule has 1 aliphatic carbocycles. The third kappa shape index (κ3) is 4.71. The SMILES string of the molecule is COc1ccc(C(=O)O[C@H](C)C(=O)N[C@@H]2CCCC[C@@H]2C)cc1[N+](=O)[O-]. The van der Waals surface area contributed by atoms with Crippen molar-refractivity contribution in [2.75, 3.05) is 7.11 Å². The van der Waals surface area contributed by atoms with Crippen molar-refractivity contribution in [2.45, 2.75) is 51.7 Å². The Bertz CT molecular complexity index is 690. The third-order valence-corrected chi connectivity index (χ3v) is 4.70. The fourth-order valence-corrected chi connectivity index (χ4v) is 3.07. The van der Waals surface area contributed by atoms with Gasteiger partial charge in [-0.15, -0.1) is 0 Å². The van der Waals surface area contributed by atoms with Crippen LogP contribution >= 0.6 is 0 Å². The van der Waals surface area contributed by atoms with Crippen molar-refractivity contribution < 1.29 is 24.0 Å². The number of rotatable bonds is 6. The molecule has 1 N–H and O–H groups in total. The molecule has 8 nitrogen and oxygen atoms in total. The zero-order chi connectivity index (χ0) is 19.3. The number of carbonyl (C=O) groups is 2. The highest BCUT2D eigenvalue weighted by Gasteiger charge is 2.27. The fraction of sp³-hybridized carbons (Fsp3) is 0.556. The van der Waals surface area contributed by atoms with Gasteiger partial charge in [0.05, 0.1) is 17.6 Å². The number of esters is 1. The molecule has 1 aliphatic rings. The van der Waals surface area contributed by atoms with Crippen LogP contribution in [-0.2, 0) is 9.53 Å². The predicted octanol–water partition coefficient (Wildman–Crippen LogP) is 2.84. The van der Waals surface area contributed by atoms with E-state index in [-0.39, 0.29) is 28.9 Å². The van der Waals surface area contributed by atoms with Gasteiger partial charge in [0.25, 0.3) is 5.91 Å². The van der Waals surface area contributed by atoms with Crippen LogP contribution in [0.1, 0.15) is 49.9 Å². The van der Waals surface area contributed by atoms with E-state index in [0.717, 1.165) is 31.7 Å². The molecule has 3 atom stereocenters. The number of nitrogens with one attached hydrogen (secondary N) is 1. The molecule has 1 aromatic carbocycles. The normalized spacial score (nSPS) is 20.7. The Labute approximate surface area is 152 Å². The van der Waals surface area contributed by atoms with Gasteiger partial charge in [-0.1, -0.05) is 19.8 Å². The Morgan fingerprint density at radius 3 is 2.62 bits per heavy atom.